The number of aromatic nitrogens is 1. The first-order chi connectivity index (χ1) is 17.9. The first-order valence-electron chi connectivity index (χ1n) is 12.4. The van der Waals surface area contributed by atoms with Crippen LogP contribution in [0.5, 0.6) is 11.5 Å². The Hall–Kier alpha value is -3.56. The summed E-state index contributed by atoms with van der Waals surface area (Å²) in [6, 6.07) is 14.9. The average Bonchev–Trinajstić information content (AvgIpc) is 3.45. The van der Waals surface area contributed by atoms with Crippen LogP contribution in [0.25, 0.3) is 11.3 Å². The largest absolute Gasteiger partial charge is 0.486 e. The molecule has 2 N–H and O–H groups in total. The molecule has 0 aliphatic carbocycles. The molecule has 2 aromatic carbocycles. The molecular weight excluding hydrogens is 480 g/mol. The number of carbonyl (C=O) groups excluding carboxylic acids is 1. The minimum atomic E-state index is -3.79. The first kappa shape index (κ1) is 25.1. The predicted molar refractivity (Wildman–Crippen MR) is 134 cm³/mol. The summed E-state index contributed by atoms with van der Waals surface area (Å²) in [4.78, 5) is 19.2. The van der Waals surface area contributed by atoms with Crippen molar-refractivity contribution in [1.29, 1.82) is 0 Å². The Balaban J connectivity index is 1.35. The lowest BCUT2D eigenvalue weighted by atomic mass is 9.99. The maximum Gasteiger partial charge on any atom is 0.349 e. The minimum absolute atomic E-state index is 0.246. The first-order valence-corrected chi connectivity index (χ1v) is 12.4. The van der Waals surface area contributed by atoms with Crippen molar-refractivity contribution in [2.24, 2.45) is 0 Å². The molecule has 5 rings (SSSR count). The van der Waals surface area contributed by atoms with Gasteiger partial charge in [-0.05, 0) is 55.8 Å². The van der Waals surface area contributed by atoms with E-state index in [1.807, 2.05) is 6.07 Å². The topological polar surface area (TPSA) is 83.9 Å². The molecule has 3 heterocycles. The Morgan fingerprint density at radius 2 is 1.76 bits per heavy atom. The lowest BCUT2D eigenvalue weighted by Gasteiger charge is -2.30. The third-order valence-electron chi connectivity index (χ3n) is 6.75. The second kappa shape index (κ2) is 10.8. The Labute approximate surface area is 214 Å². The number of hydrogen-bond acceptors (Lipinski definition) is 6. The van der Waals surface area contributed by atoms with Gasteiger partial charge in [-0.15, -0.1) is 0 Å². The molecule has 3 aromatic rings. The van der Waals surface area contributed by atoms with Crippen molar-refractivity contribution in [3.05, 3.63) is 78.0 Å². The molecule has 1 aromatic heterocycles. The average molecular weight is 510 g/mol. The van der Waals surface area contributed by atoms with Crippen molar-refractivity contribution in [3.8, 4) is 22.8 Å². The monoisotopic (exact) mass is 509 g/mol. The molecule has 7 nitrogen and oxygen atoms in total. The molecule has 0 bridgehead atoms. The highest BCUT2D eigenvalue weighted by Crippen LogP contribution is 2.35. The zero-order valence-corrected chi connectivity index (χ0v) is 20.3. The highest BCUT2D eigenvalue weighted by molar-refractivity contribution is 5.85. The van der Waals surface area contributed by atoms with Crippen LogP contribution in [0.1, 0.15) is 30.1 Å². The number of aliphatic hydroxyl groups excluding tert-OH is 1. The van der Waals surface area contributed by atoms with Gasteiger partial charge in [-0.3, -0.25) is 9.78 Å². The lowest BCUT2D eigenvalue weighted by molar-refractivity contribution is -0.149. The number of ether oxygens (including phenoxy) is 2. The second-order valence-electron chi connectivity index (χ2n) is 9.30. The molecule has 0 spiro atoms. The highest BCUT2D eigenvalue weighted by Gasteiger charge is 2.43. The quantitative estimate of drug-likeness (QED) is 0.479. The third kappa shape index (κ3) is 5.57. The molecule has 2 unspecified atom stereocenters. The van der Waals surface area contributed by atoms with Crippen molar-refractivity contribution >= 4 is 5.91 Å². The summed E-state index contributed by atoms with van der Waals surface area (Å²) in [5, 5.41) is 13.6. The van der Waals surface area contributed by atoms with E-state index in [1.54, 1.807) is 36.5 Å². The number of nitrogens with zero attached hydrogens (tertiary/aromatic N) is 2. The van der Waals surface area contributed by atoms with Crippen LogP contribution >= 0.6 is 0 Å². The molecule has 2 atom stereocenters. The summed E-state index contributed by atoms with van der Waals surface area (Å²) in [6.07, 6.45) is 2.38. The van der Waals surface area contributed by atoms with Crippen LogP contribution in [0.2, 0.25) is 0 Å². The summed E-state index contributed by atoms with van der Waals surface area (Å²) in [5.41, 5.74) is 1.34. The van der Waals surface area contributed by atoms with Gasteiger partial charge in [0.1, 0.15) is 19.3 Å². The van der Waals surface area contributed by atoms with Crippen molar-refractivity contribution in [2.45, 2.75) is 30.9 Å². The third-order valence-corrected chi connectivity index (χ3v) is 6.75. The zero-order chi connectivity index (χ0) is 25.8. The summed E-state index contributed by atoms with van der Waals surface area (Å²) < 4.78 is 41.7. The highest BCUT2D eigenvalue weighted by atomic mass is 19.3. The molecule has 9 heteroatoms. The van der Waals surface area contributed by atoms with Gasteiger partial charge < -0.3 is 24.8 Å². The van der Waals surface area contributed by atoms with Crippen LogP contribution in [0, 0.1) is 0 Å². The number of hydrogen-bond donors (Lipinski definition) is 2. The molecule has 0 saturated carbocycles. The Morgan fingerprint density at radius 3 is 2.46 bits per heavy atom. The number of halogens is 2. The van der Waals surface area contributed by atoms with Crippen LogP contribution in [-0.2, 0) is 10.7 Å². The number of aliphatic hydroxyl groups is 1. The summed E-state index contributed by atoms with van der Waals surface area (Å²) in [7, 11) is 0. The number of rotatable bonds is 8. The Morgan fingerprint density at radius 1 is 1.03 bits per heavy atom. The fourth-order valence-electron chi connectivity index (χ4n) is 4.72. The van der Waals surface area contributed by atoms with Crippen LogP contribution in [0.4, 0.5) is 8.78 Å². The molecular formula is C28H29F2N3O4. The maximum atomic E-state index is 15.3. The molecule has 194 valence electrons. The van der Waals surface area contributed by atoms with E-state index in [9.17, 15) is 9.90 Å². The number of benzene rings is 2. The van der Waals surface area contributed by atoms with E-state index in [-0.39, 0.29) is 6.54 Å². The molecule has 1 amide bonds. The predicted octanol–water partition coefficient (Wildman–Crippen LogP) is 3.93. The minimum Gasteiger partial charge on any atom is -0.486 e. The van der Waals surface area contributed by atoms with Gasteiger partial charge in [-0.1, -0.05) is 36.4 Å². The van der Waals surface area contributed by atoms with E-state index in [1.165, 1.54) is 24.3 Å². The molecule has 2 aliphatic rings. The van der Waals surface area contributed by atoms with Crippen LogP contribution in [0.3, 0.4) is 0 Å². The number of nitrogens with one attached hydrogen (secondary N) is 1. The van der Waals surface area contributed by atoms with E-state index in [0.717, 1.165) is 25.9 Å². The number of carbonyl (C=O) groups is 1. The second-order valence-corrected chi connectivity index (χ2v) is 9.30. The number of likely N-dealkylation sites (tertiary alicyclic amines) is 1. The van der Waals surface area contributed by atoms with E-state index < -0.39 is 29.5 Å². The zero-order valence-electron chi connectivity index (χ0n) is 20.3. The smallest absolute Gasteiger partial charge is 0.349 e. The van der Waals surface area contributed by atoms with Gasteiger partial charge in [0.2, 0.25) is 0 Å². The van der Waals surface area contributed by atoms with Gasteiger partial charge >= 0.3 is 5.92 Å². The van der Waals surface area contributed by atoms with Crippen LogP contribution < -0.4 is 14.8 Å². The van der Waals surface area contributed by atoms with Gasteiger partial charge in [0.15, 0.2) is 11.5 Å². The summed E-state index contributed by atoms with van der Waals surface area (Å²) in [5.74, 6) is -4.22. The van der Waals surface area contributed by atoms with E-state index in [0.29, 0.717) is 41.5 Å². The molecule has 2 aliphatic heterocycles. The van der Waals surface area contributed by atoms with Crippen LogP contribution in [-0.4, -0.2) is 59.8 Å². The fourth-order valence-corrected chi connectivity index (χ4v) is 4.72. The van der Waals surface area contributed by atoms with Crippen molar-refractivity contribution in [3.63, 3.8) is 0 Å². The lowest BCUT2D eigenvalue weighted by Crippen LogP contribution is -2.50. The van der Waals surface area contributed by atoms with E-state index in [2.05, 4.69) is 15.2 Å². The number of pyridine rings is 1. The van der Waals surface area contributed by atoms with Gasteiger partial charge in [-0.2, -0.15) is 8.78 Å². The number of fused-ring (bicyclic) bond motifs is 1. The van der Waals surface area contributed by atoms with Crippen molar-refractivity contribution in [1.82, 2.24) is 15.2 Å². The van der Waals surface area contributed by atoms with Gasteiger partial charge in [0, 0.05) is 23.9 Å². The number of amides is 1. The van der Waals surface area contributed by atoms with Crippen molar-refractivity contribution < 1.29 is 28.2 Å². The Bertz CT molecular complexity index is 1220. The van der Waals surface area contributed by atoms with Crippen molar-refractivity contribution in [2.75, 3.05) is 32.8 Å². The standard InChI is InChI=1S/C28H29F2N3O4/c29-28(30,21-9-6-19(7-10-21)22-5-1-2-12-31-22)27(35)32-23(18-33-13-3-4-14-33)26(34)20-8-11-24-25(17-20)37-16-15-36-24/h1-2,5-12,17,23,26,34H,3-4,13-16,18H2,(H,32,35). The molecule has 37 heavy (non-hydrogen) atoms. The summed E-state index contributed by atoms with van der Waals surface area (Å²) >= 11 is 0. The number of alkyl halides is 2. The molecule has 1 saturated heterocycles. The summed E-state index contributed by atoms with van der Waals surface area (Å²) in [6.45, 7) is 2.62. The van der Waals surface area contributed by atoms with Gasteiger partial charge in [-0.25, -0.2) is 0 Å². The van der Waals surface area contributed by atoms with Gasteiger partial charge in [0.25, 0.3) is 5.91 Å². The van der Waals surface area contributed by atoms with Crippen LogP contribution in [0.15, 0.2) is 66.9 Å². The fraction of sp³-hybridized carbons (Fsp3) is 0.357. The normalized spacial score (nSPS) is 17.3. The van der Waals surface area contributed by atoms with Gasteiger partial charge in [0.05, 0.1) is 11.7 Å². The SMILES string of the molecule is O=C(NC(CN1CCCC1)C(O)c1ccc2c(c1)OCCO2)C(F)(F)c1ccc(-c2ccccn2)cc1. The molecule has 0 radical (unpaired) electrons. The Kier molecular flexibility index (Phi) is 7.34. The maximum absolute atomic E-state index is 15.3. The van der Waals surface area contributed by atoms with E-state index in [4.69, 9.17) is 9.47 Å². The van der Waals surface area contributed by atoms with E-state index >= 15 is 8.78 Å². The molecule has 1 fully saturated rings.